The molecule has 0 spiro atoms. The molecule has 0 heterocycles. The van der Waals surface area contributed by atoms with Gasteiger partial charge in [0.05, 0.1) is 6.42 Å². The first-order valence-electron chi connectivity index (χ1n) is 8.35. The van der Waals surface area contributed by atoms with Gasteiger partial charge in [-0.25, -0.2) is 0 Å². The average molecular weight is 345 g/mol. The summed E-state index contributed by atoms with van der Waals surface area (Å²) in [5, 5.41) is 2.83. The number of amides is 1. The zero-order valence-electron chi connectivity index (χ0n) is 14.2. The molecule has 0 unspecified atom stereocenters. The molecule has 0 saturated heterocycles. The molecular formula is C22H19NO3. The Morgan fingerprint density at radius 1 is 0.731 bits per heavy atom. The summed E-state index contributed by atoms with van der Waals surface area (Å²) >= 11 is 0. The van der Waals surface area contributed by atoms with E-state index >= 15 is 0 Å². The van der Waals surface area contributed by atoms with Crippen molar-refractivity contribution >= 4 is 17.6 Å². The SMILES string of the molecule is O=C(Cc1ccccc1)OCc1ccc(C(=O)Nc2ccccc2)cc1. The Morgan fingerprint density at radius 2 is 1.35 bits per heavy atom. The first-order chi connectivity index (χ1) is 12.7. The maximum atomic E-state index is 12.2. The number of carbonyl (C=O) groups is 2. The molecule has 0 saturated carbocycles. The number of rotatable bonds is 6. The smallest absolute Gasteiger partial charge is 0.310 e. The van der Waals surface area contributed by atoms with Crippen molar-refractivity contribution in [1.82, 2.24) is 0 Å². The van der Waals surface area contributed by atoms with Crippen LogP contribution in [0, 0.1) is 0 Å². The number of carbonyl (C=O) groups excluding carboxylic acids is 2. The Labute approximate surface area is 152 Å². The molecule has 3 aromatic carbocycles. The van der Waals surface area contributed by atoms with Gasteiger partial charge >= 0.3 is 5.97 Å². The lowest BCUT2D eigenvalue weighted by molar-refractivity contribution is -0.144. The van der Waals surface area contributed by atoms with Gasteiger partial charge in [-0.05, 0) is 35.4 Å². The van der Waals surface area contributed by atoms with Crippen molar-refractivity contribution in [2.24, 2.45) is 0 Å². The number of hydrogen-bond donors (Lipinski definition) is 1. The van der Waals surface area contributed by atoms with Crippen LogP contribution in [0.4, 0.5) is 5.69 Å². The van der Waals surface area contributed by atoms with Crippen LogP contribution < -0.4 is 5.32 Å². The molecule has 0 atom stereocenters. The predicted octanol–water partition coefficient (Wildman–Crippen LogP) is 4.22. The van der Waals surface area contributed by atoms with Crippen LogP contribution in [-0.4, -0.2) is 11.9 Å². The highest BCUT2D eigenvalue weighted by atomic mass is 16.5. The van der Waals surface area contributed by atoms with Crippen LogP contribution in [0.15, 0.2) is 84.9 Å². The predicted molar refractivity (Wildman–Crippen MR) is 101 cm³/mol. The lowest BCUT2D eigenvalue weighted by Crippen LogP contribution is -2.12. The van der Waals surface area contributed by atoms with Gasteiger partial charge in [0.2, 0.25) is 0 Å². The molecule has 4 heteroatoms. The maximum Gasteiger partial charge on any atom is 0.310 e. The molecule has 0 radical (unpaired) electrons. The first kappa shape index (κ1) is 17.4. The summed E-state index contributed by atoms with van der Waals surface area (Å²) in [5.74, 6) is -0.453. The molecule has 3 rings (SSSR count). The second-order valence-electron chi connectivity index (χ2n) is 5.84. The minimum Gasteiger partial charge on any atom is -0.461 e. The molecular weight excluding hydrogens is 326 g/mol. The van der Waals surface area contributed by atoms with E-state index in [9.17, 15) is 9.59 Å². The maximum absolute atomic E-state index is 12.2. The fraction of sp³-hybridized carbons (Fsp3) is 0.0909. The van der Waals surface area contributed by atoms with Crippen LogP contribution in [-0.2, 0) is 22.6 Å². The number of benzene rings is 3. The van der Waals surface area contributed by atoms with Crippen molar-refractivity contribution in [3.63, 3.8) is 0 Å². The Bertz CT molecular complexity index is 859. The van der Waals surface area contributed by atoms with Gasteiger partial charge in [0, 0.05) is 11.3 Å². The lowest BCUT2D eigenvalue weighted by Gasteiger charge is -2.07. The molecule has 130 valence electrons. The highest BCUT2D eigenvalue weighted by Gasteiger charge is 2.08. The van der Waals surface area contributed by atoms with E-state index in [0.29, 0.717) is 5.56 Å². The molecule has 0 aliphatic heterocycles. The summed E-state index contributed by atoms with van der Waals surface area (Å²) < 4.78 is 5.29. The Morgan fingerprint density at radius 3 is 2.00 bits per heavy atom. The zero-order chi connectivity index (χ0) is 18.2. The van der Waals surface area contributed by atoms with E-state index in [1.54, 1.807) is 24.3 Å². The Balaban J connectivity index is 1.51. The second kappa shape index (κ2) is 8.62. The monoisotopic (exact) mass is 345 g/mol. The van der Waals surface area contributed by atoms with Crippen LogP contribution in [0.3, 0.4) is 0 Å². The van der Waals surface area contributed by atoms with Crippen molar-refractivity contribution in [3.8, 4) is 0 Å². The standard InChI is InChI=1S/C22H19NO3/c24-21(15-17-7-3-1-4-8-17)26-16-18-11-13-19(14-12-18)22(25)23-20-9-5-2-6-10-20/h1-14H,15-16H2,(H,23,25). The van der Waals surface area contributed by atoms with Gasteiger partial charge in [0.1, 0.15) is 6.61 Å². The normalized spacial score (nSPS) is 10.2. The molecule has 1 amide bonds. The lowest BCUT2D eigenvalue weighted by atomic mass is 10.1. The van der Waals surface area contributed by atoms with Crippen molar-refractivity contribution in [2.75, 3.05) is 5.32 Å². The van der Waals surface area contributed by atoms with Gasteiger partial charge in [-0.1, -0.05) is 60.7 Å². The minimum absolute atomic E-state index is 0.177. The number of esters is 1. The molecule has 0 bridgehead atoms. The molecule has 0 aliphatic rings. The number of para-hydroxylation sites is 1. The van der Waals surface area contributed by atoms with Gasteiger partial charge < -0.3 is 10.1 Å². The summed E-state index contributed by atoms with van der Waals surface area (Å²) in [7, 11) is 0. The van der Waals surface area contributed by atoms with Gasteiger partial charge in [-0.2, -0.15) is 0 Å². The summed E-state index contributed by atoms with van der Waals surface area (Å²) in [6.45, 7) is 0.187. The largest absolute Gasteiger partial charge is 0.461 e. The van der Waals surface area contributed by atoms with E-state index in [1.165, 1.54) is 0 Å². The molecule has 0 aromatic heterocycles. The van der Waals surface area contributed by atoms with E-state index in [0.717, 1.165) is 16.8 Å². The topological polar surface area (TPSA) is 55.4 Å². The van der Waals surface area contributed by atoms with Gasteiger partial charge in [0.25, 0.3) is 5.91 Å². The van der Waals surface area contributed by atoms with E-state index in [1.807, 2.05) is 60.7 Å². The third kappa shape index (κ3) is 5.05. The number of ether oxygens (including phenoxy) is 1. The van der Waals surface area contributed by atoms with Crippen LogP contribution in [0.5, 0.6) is 0 Å². The third-order valence-corrected chi connectivity index (χ3v) is 3.84. The molecule has 1 N–H and O–H groups in total. The summed E-state index contributed by atoms with van der Waals surface area (Å²) in [6.07, 6.45) is 0.248. The summed E-state index contributed by atoms with van der Waals surface area (Å²) in [6, 6.07) is 25.8. The van der Waals surface area contributed by atoms with E-state index in [4.69, 9.17) is 4.74 Å². The van der Waals surface area contributed by atoms with Gasteiger partial charge in [0.15, 0.2) is 0 Å². The average Bonchev–Trinajstić information content (AvgIpc) is 2.68. The molecule has 26 heavy (non-hydrogen) atoms. The van der Waals surface area contributed by atoms with Crippen molar-refractivity contribution in [2.45, 2.75) is 13.0 Å². The van der Waals surface area contributed by atoms with Crippen LogP contribution in [0.2, 0.25) is 0 Å². The zero-order valence-corrected chi connectivity index (χ0v) is 14.2. The Hall–Kier alpha value is -3.40. The van der Waals surface area contributed by atoms with Crippen molar-refractivity contribution in [3.05, 3.63) is 102 Å². The number of nitrogens with one attached hydrogen (secondary N) is 1. The third-order valence-electron chi connectivity index (χ3n) is 3.84. The minimum atomic E-state index is -0.276. The van der Waals surface area contributed by atoms with Gasteiger partial charge in [-0.15, -0.1) is 0 Å². The quantitative estimate of drug-likeness (QED) is 0.680. The van der Waals surface area contributed by atoms with Gasteiger partial charge in [-0.3, -0.25) is 9.59 Å². The van der Waals surface area contributed by atoms with Crippen molar-refractivity contribution < 1.29 is 14.3 Å². The van der Waals surface area contributed by atoms with Crippen molar-refractivity contribution in [1.29, 1.82) is 0 Å². The summed E-state index contributed by atoms with van der Waals surface area (Å²) in [5.41, 5.74) is 3.05. The highest BCUT2D eigenvalue weighted by Crippen LogP contribution is 2.11. The van der Waals surface area contributed by atoms with Crippen LogP contribution >= 0.6 is 0 Å². The van der Waals surface area contributed by atoms with E-state index in [-0.39, 0.29) is 24.9 Å². The Kier molecular flexibility index (Phi) is 5.78. The highest BCUT2D eigenvalue weighted by molar-refractivity contribution is 6.04. The number of hydrogen-bond acceptors (Lipinski definition) is 3. The second-order valence-corrected chi connectivity index (χ2v) is 5.84. The first-order valence-corrected chi connectivity index (χ1v) is 8.35. The summed E-state index contributed by atoms with van der Waals surface area (Å²) in [4.78, 5) is 24.1. The van der Waals surface area contributed by atoms with Crippen LogP contribution in [0.25, 0.3) is 0 Å². The molecule has 4 nitrogen and oxygen atoms in total. The number of anilines is 1. The fourth-order valence-electron chi connectivity index (χ4n) is 2.45. The molecule has 0 aliphatic carbocycles. The van der Waals surface area contributed by atoms with E-state index < -0.39 is 0 Å². The van der Waals surface area contributed by atoms with E-state index in [2.05, 4.69) is 5.32 Å². The molecule has 3 aromatic rings. The fourth-order valence-corrected chi connectivity index (χ4v) is 2.45. The molecule has 0 fully saturated rings. The van der Waals surface area contributed by atoms with Crippen LogP contribution in [0.1, 0.15) is 21.5 Å².